The smallest absolute Gasteiger partial charge is 0.319 e. The highest BCUT2D eigenvalue weighted by Crippen LogP contribution is 2.43. The fraction of sp³-hybridized carbons (Fsp3) is 0.276. The second-order valence-electron chi connectivity index (χ2n) is 9.72. The zero-order valence-electron chi connectivity index (χ0n) is 22.4. The number of aromatic nitrogens is 4. The van der Waals surface area contributed by atoms with Gasteiger partial charge in [0.2, 0.25) is 5.91 Å². The first-order valence-electron chi connectivity index (χ1n) is 13.0. The first-order valence-corrected chi connectivity index (χ1v) is 13.3. The van der Waals surface area contributed by atoms with Crippen LogP contribution < -0.4 is 9.64 Å². The van der Waals surface area contributed by atoms with E-state index >= 15 is 4.39 Å². The Hall–Kier alpha value is -4.38. The van der Waals surface area contributed by atoms with Crippen LogP contribution in [0.3, 0.4) is 0 Å². The Bertz CT molecular complexity index is 1600. The van der Waals surface area contributed by atoms with Crippen molar-refractivity contribution in [1.29, 1.82) is 0 Å². The fourth-order valence-corrected chi connectivity index (χ4v) is 5.26. The summed E-state index contributed by atoms with van der Waals surface area (Å²) in [6.45, 7) is 8.26. The van der Waals surface area contributed by atoms with Gasteiger partial charge in [-0.1, -0.05) is 24.2 Å². The van der Waals surface area contributed by atoms with Gasteiger partial charge < -0.3 is 19.6 Å². The lowest BCUT2D eigenvalue weighted by atomic mass is 10.0. The summed E-state index contributed by atoms with van der Waals surface area (Å²) in [6.07, 6.45) is 4.86. The number of carbonyl (C=O) groups excluding carboxylic acids is 1. The van der Waals surface area contributed by atoms with Crippen LogP contribution in [0.4, 0.5) is 14.6 Å². The van der Waals surface area contributed by atoms with Crippen LogP contribution in [0.1, 0.15) is 19.7 Å². The topological polar surface area (TPSA) is 105 Å². The number of aromatic hydroxyl groups is 1. The molecule has 2 aromatic carbocycles. The number of fused-ring (bicyclic) bond motifs is 1. The van der Waals surface area contributed by atoms with Gasteiger partial charge in [0.1, 0.15) is 28.7 Å². The molecule has 2 atom stereocenters. The van der Waals surface area contributed by atoms with Gasteiger partial charge in [0.25, 0.3) is 0 Å². The number of carbonyl (C=O) groups is 1. The molecule has 12 heteroatoms. The third-order valence-electron chi connectivity index (χ3n) is 6.98. The molecule has 41 heavy (non-hydrogen) atoms. The summed E-state index contributed by atoms with van der Waals surface area (Å²) in [4.78, 5) is 33.3. The molecule has 0 radical (unpaired) electrons. The summed E-state index contributed by atoms with van der Waals surface area (Å²) < 4.78 is 36.9. The molecule has 0 aliphatic carbocycles. The molecule has 1 aliphatic rings. The van der Waals surface area contributed by atoms with Crippen molar-refractivity contribution in [3.63, 3.8) is 0 Å². The molecule has 9 nitrogen and oxygen atoms in total. The van der Waals surface area contributed by atoms with Crippen molar-refractivity contribution in [1.82, 2.24) is 24.8 Å². The lowest BCUT2D eigenvalue weighted by molar-refractivity contribution is -0.128. The molecule has 1 aliphatic heterocycles. The standard InChI is InChI=1S/C29H27ClF2N6O3/c1-4-23(40)37-14-17(3)38(15-16(37)2)28-18-13-19(30)24(25-20(31)7-5-8-21(25)39)26(32)27(18)35-29(36-28)41-12-9-22-33-10-6-11-34-22/h4-8,10-11,13,16-17,39H,1,9,12,14-15H2,2-3H3/t16-,17+/m1/s1. The Balaban J connectivity index is 1.62. The molecular formula is C29H27ClF2N6O3. The largest absolute Gasteiger partial charge is 0.507 e. The monoisotopic (exact) mass is 580 g/mol. The van der Waals surface area contributed by atoms with Crippen LogP contribution in [-0.2, 0) is 11.2 Å². The third-order valence-corrected chi connectivity index (χ3v) is 7.27. The van der Waals surface area contributed by atoms with E-state index in [0.717, 1.165) is 6.07 Å². The number of anilines is 1. The molecule has 5 rings (SSSR count). The minimum Gasteiger partial charge on any atom is -0.507 e. The average Bonchev–Trinajstić information content (AvgIpc) is 2.95. The summed E-state index contributed by atoms with van der Waals surface area (Å²) >= 11 is 6.54. The molecule has 0 bridgehead atoms. The van der Waals surface area contributed by atoms with Gasteiger partial charge in [-0.2, -0.15) is 9.97 Å². The number of halogens is 3. The van der Waals surface area contributed by atoms with Crippen LogP contribution in [0.2, 0.25) is 5.02 Å². The zero-order chi connectivity index (χ0) is 29.3. The van der Waals surface area contributed by atoms with Crippen LogP contribution in [-0.4, -0.2) is 67.6 Å². The van der Waals surface area contributed by atoms with Crippen molar-refractivity contribution < 1.29 is 23.4 Å². The van der Waals surface area contributed by atoms with Gasteiger partial charge >= 0.3 is 6.01 Å². The normalized spacial score (nSPS) is 17.1. The van der Waals surface area contributed by atoms with E-state index in [9.17, 15) is 14.3 Å². The fourth-order valence-electron chi connectivity index (χ4n) is 4.97. The minimum absolute atomic E-state index is 0.110. The first kappa shape index (κ1) is 28.2. The molecule has 0 spiro atoms. The summed E-state index contributed by atoms with van der Waals surface area (Å²) in [5, 5.41) is 10.5. The molecule has 3 heterocycles. The van der Waals surface area contributed by atoms with Crippen LogP contribution >= 0.6 is 11.6 Å². The maximum absolute atomic E-state index is 16.3. The van der Waals surface area contributed by atoms with Gasteiger partial charge in [-0.25, -0.2) is 18.7 Å². The highest BCUT2D eigenvalue weighted by atomic mass is 35.5. The molecule has 2 aromatic heterocycles. The molecule has 212 valence electrons. The van der Waals surface area contributed by atoms with Crippen LogP contribution in [0.5, 0.6) is 11.8 Å². The number of phenols is 1. The molecule has 0 saturated carbocycles. The number of phenolic OH excluding ortho intramolecular Hbond substituents is 1. The summed E-state index contributed by atoms with van der Waals surface area (Å²) in [6, 6.07) is 6.27. The van der Waals surface area contributed by atoms with E-state index in [2.05, 4.69) is 26.5 Å². The van der Waals surface area contributed by atoms with Crippen LogP contribution in [0, 0.1) is 11.6 Å². The van der Waals surface area contributed by atoms with E-state index in [0.29, 0.717) is 31.2 Å². The van der Waals surface area contributed by atoms with E-state index in [1.165, 1.54) is 24.3 Å². The van der Waals surface area contributed by atoms with Crippen molar-refractivity contribution in [2.75, 3.05) is 24.6 Å². The molecule has 1 fully saturated rings. The van der Waals surface area contributed by atoms with Crippen molar-refractivity contribution in [2.45, 2.75) is 32.4 Å². The van der Waals surface area contributed by atoms with E-state index in [4.69, 9.17) is 16.3 Å². The van der Waals surface area contributed by atoms with Crippen molar-refractivity contribution >= 4 is 34.2 Å². The number of nitrogens with zero attached hydrogens (tertiary/aromatic N) is 6. The predicted octanol–water partition coefficient (Wildman–Crippen LogP) is 4.96. The number of hydrogen-bond acceptors (Lipinski definition) is 8. The molecule has 1 N–H and O–H groups in total. The Labute approximate surface area is 240 Å². The Morgan fingerprint density at radius 2 is 1.90 bits per heavy atom. The van der Waals surface area contributed by atoms with E-state index in [1.807, 2.05) is 18.7 Å². The lowest BCUT2D eigenvalue weighted by Crippen LogP contribution is -2.58. The molecular weight excluding hydrogens is 554 g/mol. The highest BCUT2D eigenvalue weighted by Gasteiger charge is 2.34. The maximum Gasteiger partial charge on any atom is 0.319 e. The van der Waals surface area contributed by atoms with Crippen molar-refractivity contribution in [3.8, 4) is 22.9 Å². The zero-order valence-corrected chi connectivity index (χ0v) is 23.1. The van der Waals surface area contributed by atoms with Crippen molar-refractivity contribution in [3.05, 3.63) is 77.9 Å². The quantitative estimate of drug-likeness (QED) is 0.306. The Morgan fingerprint density at radius 3 is 2.61 bits per heavy atom. The minimum atomic E-state index is -0.936. The Kier molecular flexibility index (Phi) is 7.98. The van der Waals surface area contributed by atoms with Gasteiger partial charge in [-0.15, -0.1) is 0 Å². The number of piperazine rings is 1. The SMILES string of the molecule is C=CC(=O)N1C[C@H](C)N(c2nc(OCCc3ncccn3)nc3c(F)c(-c4c(O)cccc4F)c(Cl)cc23)C[C@H]1C. The third kappa shape index (κ3) is 5.49. The number of rotatable bonds is 7. The van der Waals surface area contributed by atoms with E-state index in [1.54, 1.807) is 23.4 Å². The first-order chi connectivity index (χ1) is 19.7. The van der Waals surface area contributed by atoms with Crippen LogP contribution in [0.25, 0.3) is 22.0 Å². The van der Waals surface area contributed by atoms with Gasteiger partial charge in [-0.05, 0) is 44.2 Å². The molecule has 1 amide bonds. The van der Waals surface area contributed by atoms with Gasteiger partial charge in [0.15, 0.2) is 5.82 Å². The van der Waals surface area contributed by atoms with Gasteiger partial charge in [0, 0.05) is 54.9 Å². The number of benzene rings is 2. The van der Waals surface area contributed by atoms with Crippen molar-refractivity contribution in [2.24, 2.45) is 0 Å². The Morgan fingerprint density at radius 1 is 1.15 bits per heavy atom. The van der Waals surface area contributed by atoms with E-state index in [-0.39, 0.29) is 57.7 Å². The number of hydrogen-bond donors (Lipinski definition) is 1. The van der Waals surface area contributed by atoms with Gasteiger partial charge in [0.05, 0.1) is 17.2 Å². The second kappa shape index (κ2) is 11.6. The lowest BCUT2D eigenvalue weighted by Gasteiger charge is -2.44. The molecule has 4 aromatic rings. The summed E-state index contributed by atoms with van der Waals surface area (Å²) in [5.74, 6) is -1.54. The predicted molar refractivity (Wildman–Crippen MR) is 151 cm³/mol. The number of ether oxygens (including phenoxy) is 1. The van der Waals surface area contributed by atoms with E-state index < -0.39 is 17.4 Å². The van der Waals surface area contributed by atoms with Gasteiger partial charge in [-0.3, -0.25) is 4.79 Å². The molecule has 1 saturated heterocycles. The summed E-state index contributed by atoms with van der Waals surface area (Å²) in [7, 11) is 0. The van der Waals surface area contributed by atoms with Crippen LogP contribution in [0.15, 0.2) is 55.4 Å². The maximum atomic E-state index is 16.3. The average molecular weight is 581 g/mol. The molecule has 0 unspecified atom stereocenters. The second-order valence-corrected chi connectivity index (χ2v) is 10.1. The number of amides is 1. The summed E-state index contributed by atoms with van der Waals surface area (Å²) in [5.41, 5.74) is -0.863. The highest BCUT2D eigenvalue weighted by molar-refractivity contribution is 6.34.